The smallest absolute Gasteiger partial charge is 0.395 e. The van der Waals surface area contributed by atoms with Crippen molar-refractivity contribution in [2.75, 3.05) is 5.32 Å². The monoisotopic (exact) mass is 380 g/mol. The highest BCUT2D eigenvalue weighted by atomic mass is 35.5. The van der Waals surface area contributed by atoms with Gasteiger partial charge >= 0.3 is 12.3 Å². The molecule has 0 spiro atoms. The first-order valence-corrected chi connectivity index (χ1v) is 8.37. The van der Waals surface area contributed by atoms with Crippen LogP contribution in [0.4, 0.5) is 19.3 Å². The third-order valence-electron chi connectivity index (χ3n) is 4.69. The van der Waals surface area contributed by atoms with Crippen molar-refractivity contribution in [1.82, 2.24) is 5.32 Å². The van der Waals surface area contributed by atoms with Gasteiger partial charge in [-0.15, -0.1) is 8.78 Å². The molecule has 2 aromatic carbocycles. The zero-order chi connectivity index (χ0) is 18.5. The number of urea groups is 1. The van der Waals surface area contributed by atoms with E-state index in [0.717, 1.165) is 12.0 Å². The first-order valence-electron chi connectivity index (χ1n) is 7.99. The fourth-order valence-corrected chi connectivity index (χ4v) is 3.50. The number of nitrogens with one attached hydrogen (secondary N) is 2. The van der Waals surface area contributed by atoms with Gasteiger partial charge in [0, 0.05) is 28.2 Å². The molecule has 8 heteroatoms. The molecular formula is C18H15ClF2N2O3. The molecule has 4 rings (SSSR count). The number of ether oxygens (including phenoxy) is 2. The molecule has 1 aliphatic heterocycles. The highest BCUT2D eigenvalue weighted by Gasteiger charge is 2.53. The number of halogens is 3. The molecule has 2 N–H and O–H groups in total. The minimum atomic E-state index is -3.69. The number of fused-ring (bicyclic) bond motifs is 1. The lowest BCUT2D eigenvalue weighted by atomic mass is 9.97. The Balaban J connectivity index is 1.40. The lowest BCUT2D eigenvalue weighted by Crippen LogP contribution is -2.34. The van der Waals surface area contributed by atoms with Crippen LogP contribution in [0.3, 0.4) is 0 Å². The van der Waals surface area contributed by atoms with Gasteiger partial charge in [0.05, 0.1) is 0 Å². The van der Waals surface area contributed by atoms with Gasteiger partial charge in [0.15, 0.2) is 11.5 Å². The molecule has 0 saturated heterocycles. The van der Waals surface area contributed by atoms with E-state index in [1.807, 2.05) is 31.2 Å². The van der Waals surface area contributed by atoms with Gasteiger partial charge in [0.1, 0.15) is 0 Å². The summed E-state index contributed by atoms with van der Waals surface area (Å²) in [4.78, 5) is 12.2. The van der Waals surface area contributed by atoms with Crippen molar-refractivity contribution in [2.24, 2.45) is 0 Å². The molecule has 2 atom stereocenters. The minimum Gasteiger partial charge on any atom is -0.395 e. The minimum absolute atomic E-state index is 0.0688. The molecule has 1 heterocycles. The Kier molecular flexibility index (Phi) is 3.73. The molecule has 0 aromatic heterocycles. The van der Waals surface area contributed by atoms with Crippen LogP contribution in [0.15, 0.2) is 42.5 Å². The van der Waals surface area contributed by atoms with E-state index in [1.54, 1.807) is 0 Å². The average Bonchev–Trinajstić information content (AvgIpc) is 3.08. The van der Waals surface area contributed by atoms with Crippen LogP contribution in [0.1, 0.15) is 18.9 Å². The van der Waals surface area contributed by atoms with Crippen LogP contribution in [0, 0.1) is 0 Å². The van der Waals surface area contributed by atoms with E-state index in [1.165, 1.54) is 18.2 Å². The van der Waals surface area contributed by atoms with Crippen molar-refractivity contribution in [3.63, 3.8) is 0 Å². The van der Waals surface area contributed by atoms with Crippen LogP contribution < -0.4 is 20.1 Å². The summed E-state index contributed by atoms with van der Waals surface area (Å²) in [5, 5.41) is 6.15. The van der Waals surface area contributed by atoms with Crippen molar-refractivity contribution in [1.29, 1.82) is 0 Å². The average molecular weight is 381 g/mol. The Bertz CT molecular complexity index is 892. The number of carbonyl (C=O) groups is 1. The maximum absolute atomic E-state index is 13.0. The molecule has 2 aliphatic rings. The standard InChI is InChI=1S/C18H15ClF2N2O3/c1-17(11-4-2-3-5-12(11)19)9-15(17)23-16(24)22-10-6-7-13-14(8-10)26-18(20,21)25-13/h2-8,15H,9H2,1H3,(H2,22,23,24). The highest BCUT2D eigenvalue weighted by Crippen LogP contribution is 2.50. The van der Waals surface area contributed by atoms with E-state index >= 15 is 0 Å². The Morgan fingerprint density at radius 1 is 1.19 bits per heavy atom. The van der Waals surface area contributed by atoms with Crippen LogP contribution >= 0.6 is 11.6 Å². The molecule has 2 amide bonds. The van der Waals surface area contributed by atoms with Gasteiger partial charge in [-0.25, -0.2) is 4.79 Å². The largest absolute Gasteiger partial charge is 0.586 e. The van der Waals surface area contributed by atoms with Gasteiger partial charge in [-0.3, -0.25) is 0 Å². The Morgan fingerprint density at radius 2 is 1.92 bits per heavy atom. The Labute approximate surface area is 153 Å². The third-order valence-corrected chi connectivity index (χ3v) is 5.02. The number of anilines is 1. The Hall–Kier alpha value is -2.54. The van der Waals surface area contributed by atoms with E-state index < -0.39 is 12.3 Å². The summed E-state index contributed by atoms with van der Waals surface area (Å²) in [6.07, 6.45) is -2.93. The molecule has 1 saturated carbocycles. The van der Waals surface area contributed by atoms with Gasteiger partial charge in [-0.2, -0.15) is 0 Å². The molecule has 2 aromatic rings. The number of alkyl halides is 2. The predicted molar refractivity (Wildman–Crippen MR) is 92.0 cm³/mol. The fourth-order valence-electron chi connectivity index (χ4n) is 3.15. The number of benzene rings is 2. The van der Waals surface area contributed by atoms with Crippen LogP contribution in [0.5, 0.6) is 11.5 Å². The summed E-state index contributed by atoms with van der Waals surface area (Å²) in [5.74, 6) is -0.199. The van der Waals surface area contributed by atoms with Gasteiger partial charge < -0.3 is 20.1 Å². The summed E-state index contributed by atoms with van der Waals surface area (Å²) < 4.78 is 34.8. The van der Waals surface area contributed by atoms with E-state index in [-0.39, 0.29) is 23.0 Å². The SMILES string of the molecule is CC1(c2ccccc2Cl)CC1NC(=O)Nc1ccc2c(c1)OC(F)(F)O2. The van der Waals surface area contributed by atoms with Crippen molar-refractivity contribution < 1.29 is 23.0 Å². The van der Waals surface area contributed by atoms with Gasteiger partial charge in [0.2, 0.25) is 0 Å². The van der Waals surface area contributed by atoms with Gasteiger partial charge in [-0.05, 0) is 30.2 Å². The molecule has 26 heavy (non-hydrogen) atoms. The number of hydrogen-bond acceptors (Lipinski definition) is 3. The van der Waals surface area contributed by atoms with Crippen molar-refractivity contribution in [3.05, 3.63) is 53.1 Å². The first kappa shape index (κ1) is 16.9. The summed E-state index contributed by atoms with van der Waals surface area (Å²) in [6, 6.07) is 11.1. The maximum atomic E-state index is 13.0. The first-order chi connectivity index (χ1) is 12.3. The fraction of sp³-hybridized carbons (Fsp3) is 0.278. The second kappa shape index (κ2) is 5.74. The summed E-state index contributed by atoms with van der Waals surface area (Å²) in [5.41, 5.74) is 1.08. The zero-order valence-electron chi connectivity index (χ0n) is 13.7. The van der Waals surface area contributed by atoms with Gasteiger partial charge in [-0.1, -0.05) is 36.7 Å². The third kappa shape index (κ3) is 3.03. The van der Waals surface area contributed by atoms with Crippen LogP contribution in [0.25, 0.3) is 0 Å². The van der Waals surface area contributed by atoms with Crippen LogP contribution in [0.2, 0.25) is 5.02 Å². The van der Waals surface area contributed by atoms with E-state index in [2.05, 4.69) is 20.1 Å². The molecule has 1 aliphatic carbocycles. The Morgan fingerprint density at radius 3 is 2.69 bits per heavy atom. The van der Waals surface area contributed by atoms with Crippen molar-refractivity contribution >= 4 is 23.3 Å². The van der Waals surface area contributed by atoms with E-state index in [4.69, 9.17) is 11.6 Å². The number of hydrogen-bond donors (Lipinski definition) is 2. The zero-order valence-corrected chi connectivity index (χ0v) is 14.4. The lowest BCUT2D eigenvalue weighted by molar-refractivity contribution is -0.286. The predicted octanol–water partition coefficient (Wildman–Crippen LogP) is 4.51. The van der Waals surface area contributed by atoms with Crippen molar-refractivity contribution in [3.8, 4) is 11.5 Å². The second-order valence-corrected chi connectivity index (χ2v) is 6.99. The topological polar surface area (TPSA) is 59.6 Å². The number of carbonyl (C=O) groups excluding carboxylic acids is 1. The second-order valence-electron chi connectivity index (χ2n) is 6.58. The molecule has 0 radical (unpaired) electrons. The maximum Gasteiger partial charge on any atom is 0.586 e. The summed E-state index contributed by atoms with van der Waals surface area (Å²) >= 11 is 6.24. The van der Waals surface area contributed by atoms with E-state index in [9.17, 15) is 13.6 Å². The molecule has 2 unspecified atom stereocenters. The van der Waals surface area contributed by atoms with Crippen LogP contribution in [-0.2, 0) is 5.41 Å². The quantitative estimate of drug-likeness (QED) is 0.823. The molecule has 136 valence electrons. The normalized spacial score (nSPS) is 24.8. The van der Waals surface area contributed by atoms with Crippen molar-refractivity contribution in [2.45, 2.75) is 31.1 Å². The molecular weight excluding hydrogens is 366 g/mol. The highest BCUT2D eigenvalue weighted by molar-refractivity contribution is 6.31. The summed E-state index contributed by atoms with van der Waals surface area (Å²) in [6.45, 7) is 2.03. The van der Waals surface area contributed by atoms with Gasteiger partial charge in [0.25, 0.3) is 0 Å². The van der Waals surface area contributed by atoms with Crippen LogP contribution in [-0.4, -0.2) is 18.4 Å². The molecule has 5 nitrogen and oxygen atoms in total. The van der Waals surface area contributed by atoms with E-state index in [0.29, 0.717) is 10.7 Å². The lowest BCUT2D eigenvalue weighted by Gasteiger charge is -2.15. The number of rotatable bonds is 3. The summed E-state index contributed by atoms with van der Waals surface area (Å²) in [7, 11) is 0. The molecule has 0 bridgehead atoms. The molecule has 1 fully saturated rings. The number of amides is 2.